The molecule has 0 amide bonds. The largest absolute Gasteiger partial charge is 0.496 e. The van der Waals surface area contributed by atoms with E-state index in [4.69, 9.17) is 4.74 Å². The third kappa shape index (κ3) is 3.27. The molecule has 2 atom stereocenters. The monoisotopic (exact) mass is 262 g/mol. The van der Waals surface area contributed by atoms with Crippen LogP contribution < -0.4 is 10.1 Å². The van der Waals surface area contributed by atoms with Gasteiger partial charge in [-0.1, -0.05) is 6.92 Å². The zero-order chi connectivity index (χ0) is 13.8. The van der Waals surface area contributed by atoms with Gasteiger partial charge in [0.15, 0.2) is 0 Å². The van der Waals surface area contributed by atoms with Gasteiger partial charge in [0.1, 0.15) is 5.75 Å². The number of ether oxygens (including phenoxy) is 1. The van der Waals surface area contributed by atoms with Crippen molar-refractivity contribution in [2.75, 3.05) is 13.7 Å². The Morgan fingerprint density at radius 3 is 2.84 bits per heavy atom. The van der Waals surface area contributed by atoms with Crippen LogP contribution in [-0.2, 0) is 6.42 Å². The summed E-state index contributed by atoms with van der Waals surface area (Å²) in [6.07, 6.45) is 6.93. The van der Waals surface area contributed by atoms with Crippen molar-refractivity contribution in [3.63, 3.8) is 0 Å². The van der Waals surface area contributed by atoms with Gasteiger partial charge < -0.3 is 10.1 Å². The molecule has 106 valence electrons. The van der Waals surface area contributed by atoms with E-state index in [-0.39, 0.29) is 0 Å². The van der Waals surface area contributed by atoms with Crippen molar-refractivity contribution in [3.8, 4) is 5.75 Å². The lowest BCUT2D eigenvalue weighted by atomic mass is 9.97. The highest BCUT2D eigenvalue weighted by atomic mass is 16.5. The second-order valence-electron chi connectivity index (χ2n) is 5.68. The molecule has 1 aliphatic carbocycles. The molecule has 1 aromatic rings. The molecule has 2 unspecified atom stereocenters. The number of nitrogens with zero attached hydrogens (tertiary/aromatic N) is 1. The van der Waals surface area contributed by atoms with Gasteiger partial charge in [-0.2, -0.15) is 0 Å². The van der Waals surface area contributed by atoms with Gasteiger partial charge in [-0.15, -0.1) is 0 Å². The van der Waals surface area contributed by atoms with Gasteiger partial charge >= 0.3 is 0 Å². The predicted octanol–water partition coefficient (Wildman–Crippen LogP) is 3.03. The van der Waals surface area contributed by atoms with E-state index < -0.39 is 0 Å². The Morgan fingerprint density at radius 2 is 2.16 bits per heavy atom. The SMILES string of the molecule is CCNC1CCC(Cc2ncc(C)c(OC)c2C)C1. The summed E-state index contributed by atoms with van der Waals surface area (Å²) in [7, 11) is 1.75. The van der Waals surface area contributed by atoms with Gasteiger partial charge in [0.2, 0.25) is 0 Å². The van der Waals surface area contributed by atoms with Crippen LogP contribution in [0, 0.1) is 19.8 Å². The molecule has 1 aromatic heterocycles. The molecule has 0 bridgehead atoms. The number of rotatable bonds is 5. The average Bonchev–Trinajstić information content (AvgIpc) is 2.82. The van der Waals surface area contributed by atoms with Gasteiger partial charge in [0.25, 0.3) is 0 Å². The van der Waals surface area contributed by atoms with E-state index in [1.54, 1.807) is 7.11 Å². The first-order chi connectivity index (χ1) is 9.15. The Morgan fingerprint density at radius 1 is 1.37 bits per heavy atom. The number of hydrogen-bond acceptors (Lipinski definition) is 3. The Kier molecular flexibility index (Phi) is 4.81. The van der Waals surface area contributed by atoms with Crippen LogP contribution in [0.1, 0.15) is 43.0 Å². The molecule has 0 radical (unpaired) electrons. The number of methoxy groups -OCH3 is 1. The van der Waals surface area contributed by atoms with E-state index in [9.17, 15) is 0 Å². The van der Waals surface area contributed by atoms with Crippen molar-refractivity contribution in [2.45, 2.75) is 52.5 Å². The van der Waals surface area contributed by atoms with Crippen LogP contribution in [0.15, 0.2) is 6.20 Å². The number of hydrogen-bond donors (Lipinski definition) is 1. The third-order valence-corrected chi connectivity index (χ3v) is 4.27. The number of pyridine rings is 1. The normalized spacial score (nSPS) is 22.7. The number of aryl methyl sites for hydroxylation is 1. The van der Waals surface area contributed by atoms with Crippen molar-refractivity contribution >= 4 is 0 Å². The molecular formula is C16H26N2O. The van der Waals surface area contributed by atoms with Crippen LogP contribution in [0.3, 0.4) is 0 Å². The molecule has 1 saturated carbocycles. The standard InChI is InChI=1S/C16H26N2O/c1-5-17-14-7-6-13(8-14)9-15-12(3)16(19-4)11(2)10-18-15/h10,13-14,17H,5-9H2,1-4H3. The first-order valence-corrected chi connectivity index (χ1v) is 7.38. The van der Waals surface area contributed by atoms with E-state index >= 15 is 0 Å². The molecule has 19 heavy (non-hydrogen) atoms. The Labute approximate surface area is 116 Å². The fourth-order valence-corrected chi connectivity index (χ4v) is 3.28. The maximum absolute atomic E-state index is 5.49. The minimum Gasteiger partial charge on any atom is -0.496 e. The van der Waals surface area contributed by atoms with Gasteiger partial charge in [-0.3, -0.25) is 4.98 Å². The molecule has 1 aliphatic rings. The molecule has 0 spiro atoms. The molecule has 0 saturated heterocycles. The fourth-order valence-electron chi connectivity index (χ4n) is 3.28. The zero-order valence-corrected chi connectivity index (χ0v) is 12.6. The van der Waals surface area contributed by atoms with Crippen LogP contribution in [0.2, 0.25) is 0 Å². The first-order valence-electron chi connectivity index (χ1n) is 7.38. The summed E-state index contributed by atoms with van der Waals surface area (Å²) in [5, 5.41) is 3.56. The topological polar surface area (TPSA) is 34.2 Å². The molecule has 1 heterocycles. The lowest BCUT2D eigenvalue weighted by Crippen LogP contribution is -2.26. The van der Waals surface area contributed by atoms with E-state index in [0.717, 1.165) is 30.2 Å². The van der Waals surface area contributed by atoms with Crippen molar-refractivity contribution in [3.05, 3.63) is 23.0 Å². The maximum atomic E-state index is 5.49. The molecule has 3 nitrogen and oxygen atoms in total. The van der Waals surface area contributed by atoms with E-state index in [2.05, 4.69) is 31.1 Å². The highest BCUT2D eigenvalue weighted by molar-refractivity contribution is 5.41. The van der Waals surface area contributed by atoms with Crippen LogP contribution in [-0.4, -0.2) is 24.7 Å². The van der Waals surface area contributed by atoms with Gasteiger partial charge in [0, 0.05) is 29.1 Å². The number of nitrogens with one attached hydrogen (secondary N) is 1. The maximum Gasteiger partial charge on any atom is 0.128 e. The molecular weight excluding hydrogens is 236 g/mol. The van der Waals surface area contributed by atoms with Gasteiger partial charge in [-0.25, -0.2) is 0 Å². The second-order valence-corrected chi connectivity index (χ2v) is 5.68. The molecule has 0 aromatic carbocycles. The van der Waals surface area contributed by atoms with Crippen LogP contribution >= 0.6 is 0 Å². The molecule has 0 aliphatic heterocycles. The Bertz CT molecular complexity index is 431. The molecule has 2 rings (SSSR count). The first kappa shape index (κ1) is 14.3. The van der Waals surface area contributed by atoms with Crippen LogP contribution in [0.4, 0.5) is 0 Å². The molecule has 1 fully saturated rings. The summed E-state index contributed by atoms with van der Waals surface area (Å²) in [5.41, 5.74) is 3.56. The smallest absolute Gasteiger partial charge is 0.128 e. The lowest BCUT2D eigenvalue weighted by molar-refractivity contribution is 0.405. The van der Waals surface area contributed by atoms with Crippen molar-refractivity contribution in [1.29, 1.82) is 0 Å². The summed E-state index contributed by atoms with van der Waals surface area (Å²) < 4.78 is 5.49. The number of aromatic nitrogens is 1. The van der Waals surface area contributed by atoms with Gasteiger partial charge in [-0.05, 0) is 52.0 Å². The second kappa shape index (κ2) is 6.38. The minimum absolute atomic E-state index is 0.711. The van der Waals surface area contributed by atoms with Gasteiger partial charge in [0.05, 0.1) is 7.11 Å². The lowest BCUT2D eigenvalue weighted by Gasteiger charge is -2.15. The van der Waals surface area contributed by atoms with Crippen molar-refractivity contribution in [1.82, 2.24) is 10.3 Å². The highest BCUT2D eigenvalue weighted by Gasteiger charge is 2.25. The quantitative estimate of drug-likeness (QED) is 0.885. The summed E-state index contributed by atoms with van der Waals surface area (Å²) in [4.78, 5) is 4.62. The molecule has 1 N–H and O–H groups in total. The molecule has 3 heteroatoms. The predicted molar refractivity (Wildman–Crippen MR) is 78.8 cm³/mol. The van der Waals surface area contributed by atoms with E-state index in [0.29, 0.717) is 6.04 Å². The van der Waals surface area contributed by atoms with E-state index in [1.165, 1.54) is 30.5 Å². The van der Waals surface area contributed by atoms with E-state index in [1.807, 2.05) is 6.20 Å². The van der Waals surface area contributed by atoms with Crippen molar-refractivity contribution in [2.24, 2.45) is 5.92 Å². The fraction of sp³-hybridized carbons (Fsp3) is 0.688. The Hall–Kier alpha value is -1.09. The minimum atomic E-state index is 0.711. The average molecular weight is 262 g/mol. The summed E-state index contributed by atoms with van der Waals surface area (Å²) in [6.45, 7) is 7.45. The third-order valence-electron chi connectivity index (χ3n) is 4.27. The summed E-state index contributed by atoms with van der Waals surface area (Å²) >= 11 is 0. The van der Waals surface area contributed by atoms with Crippen LogP contribution in [0.25, 0.3) is 0 Å². The zero-order valence-electron chi connectivity index (χ0n) is 12.6. The summed E-state index contributed by atoms with van der Waals surface area (Å²) in [5.74, 6) is 1.77. The van der Waals surface area contributed by atoms with Crippen molar-refractivity contribution < 1.29 is 4.74 Å². The highest BCUT2D eigenvalue weighted by Crippen LogP contribution is 2.31. The Balaban J connectivity index is 2.04. The summed E-state index contributed by atoms with van der Waals surface area (Å²) in [6, 6.07) is 0.711. The van der Waals surface area contributed by atoms with Crippen LogP contribution in [0.5, 0.6) is 5.75 Å².